The average Bonchev–Trinajstić information content (AvgIpc) is 2.04. The molecule has 0 fully saturated rings. The zero-order valence-corrected chi connectivity index (χ0v) is 7.33. The van der Waals surface area contributed by atoms with Gasteiger partial charge in [-0.1, -0.05) is 19.9 Å². The van der Waals surface area contributed by atoms with Crippen molar-refractivity contribution in [3.63, 3.8) is 0 Å². The minimum atomic E-state index is 0.465. The summed E-state index contributed by atoms with van der Waals surface area (Å²) in [6, 6.07) is 5.60. The molecule has 1 aromatic rings. The molecule has 12 heavy (non-hydrogen) atoms. The number of rotatable bonds is 2. The first-order valence-electron chi connectivity index (χ1n) is 3.92. The molecule has 3 heteroatoms. The van der Waals surface area contributed by atoms with E-state index in [0.717, 1.165) is 0 Å². The van der Waals surface area contributed by atoms with E-state index in [1.807, 2.05) is 12.1 Å². The minimum absolute atomic E-state index is 0.465. The summed E-state index contributed by atoms with van der Waals surface area (Å²) >= 11 is 0. The van der Waals surface area contributed by atoms with E-state index >= 15 is 0 Å². The molecule has 3 nitrogen and oxygen atoms in total. The van der Waals surface area contributed by atoms with E-state index in [-0.39, 0.29) is 0 Å². The summed E-state index contributed by atoms with van der Waals surface area (Å²) in [6.07, 6.45) is 0. The van der Waals surface area contributed by atoms with Gasteiger partial charge in [-0.15, -0.1) is 0 Å². The van der Waals surface area contributed by atoms with Gasteiger partial charge in [0, 0.05) is 0 Å². The summed E-state index contributed by atoms with van der Waals surface area (Å²) in [4.78, 5) is 0. The van der Waals surface area contributed by atoms with Gasteiger partial charge in [0.1, 0.15) is 5.69 Å². The Hall–Kier alpha value is -1.38. The van der Waals surface area contributed by atoms with Crippen molar-refractivity contribution in [2.24, 2.45) is 5.11 Å². The van der Waals surface area contributed by atoms with Crippen molar-refractivity contribution >= 4 is 11.4 Å². The van der Waals surface area contributed by atoms with Crippen molar-refractivity contribution < 1.29 is 0 Å². The highest BCUT2D eigenvalue weighted by Crippen LogP contribution is 2.25. The van der Waals surface area contributed by atoms with Gasteiger partial charge < -0.3 is 5.73 Å². The molecule has 0 radical (unpaired) electrons. The second-order valence-corrected chi connectivity index (χ2v) is 3.08. The maximum absolute atomic E-state index is 6.81. The largest absolute Gasteiger partial charge is 0.397 e. The summed E-state index contributed by atoms with van der Waals surface area (Å²) < 4.78 is 0. The third-order valence-corrected chi connectivity index (χ3v) is 1.84. The van der Waals surface area contributed by atoms with Gasteiger partial charge in [0.05, 0.1) is 5.69 Å². The Morgan fingerprint density at radius 2 is 2.08 bits per heavy atom. The zero-order chi connectivity index (χ0) is 9.14. The van der Waals surface area contributed by atoms with Crippen molar-refractivity contribution in [3.05, 3.63) is 23.8 Å². The number of nitrogens with zero attached hydrogens (tertiary/aromatic N) is 1. The van der Waals surface area contributed by atoms with Gasteiger partial charge >= 0.3 is 0 Å². The van der Waals surface area contributed by atoms with Crippen molar-refractivity contribution in [3.8, 4) is 0 Å². The van der Waals surface area contributed by atoms with Crippen molar-refractivity contribution in [2.75, 3.05) is 5.73 Å². The minimum Gasteiger partial charge on any atom is -0.397 e. The van der Waals surface area contributed by atoms with E-state index in [1.54, 1.807) is 6.07 Å². The summed E-state index contributed by atoms with van der Waals surface area (Å²) in [7, 11) is 0. The van der Waals surface area contributed by atoms with Crippen molar-refractivity contribution in [1.82, 2.24) is 0 Å². The van der Waals surface area contributed by atoms with E-state index in [1.165, 1.54) is 5.56 Å². The van der Waals surface area contributed by atoms with Gasteiger partial charge in [0.25, 0.3) is 0 Å². The van der Waals surface area contributed by atoms with Crippen LogP contribution in [0, 0.1) is 5.53 Å². The quantitative estimate of drug-likeness (QED) is 0.510. The Balaban J connectivity index is 3.10. The van der Waals surface area contributed by atoms with E-state index in [0.29, 0.717) is 17.3 Å². The van der Waals surface area contributed by atoms with E-state index < -0.39 is 0 Å². The maximum atomic E-state index is 6.81. The predicted octanol–water partition coefficient (Wildman–Crippen LogP) is 3.05. The van der Waals surface area contributed by atoms with Crippen LogP contribution in [0.25, 0.3) is 0 Å². The van der Waals surface area contributed by atoms with Crippen LogP contribution in [-0.2, 0) is 0 Å². The standard InChI is InChI=1S/C9H13N3/c1-6(2)7-3-4-9(12-11)8(10)5-7/h3-6,11H,10H2,1-2H3. The number of nitrogens with two attached hydrogens (primary N) is 1. The lowest BCUT2D eigenvalue weighted by molar-refractivity contribution is 0.867. The third kappa shape index (κ3) is 1.61. The number of nitrogen functional groups attached to an aromatic ring is 1. The second-order valence-electron chi connectivity index (χ2n) is 3.08. The lowest BCUT2D eigenvalue weighted by Crippen LogP contribution is -1.91. The molecule has 0 heterocycles. The van der Waals surface area contributed by atoms with Gasteiger partial charge in [-0.05, 0) is 23.6 Å². The molecule has 0 amide bonds. The SMILES string of the molecule is CC(C)c1ccc(N=N)c(N)c1. The van der Waals surface area contributed by atoms with E-state index in [4.69, 9.17) is 11.3 Å². The molecule has 0 aliphatic rings. The molecule has 1 rings (SSSR count). The van der Waals surface area contributed by atoms with Gasteiger partial charge in [-0.3, -0.25) is 0 Å². The highest BCUT2D eigenvalue weighted by molar-refractivity contribution is 5.63. The maximum Gasteiger partial charge on any atom is 0.108 e. The first-order chi connectivity index (χ1) is 5.65. The number of anilines is 1. The van der Waals surface area contributed by atoms with Gasteiger partial charge in [-0.2, -0.15) is 5.11 Å². The van der Waals surface area contributed by atoms with Crippen LogP contribution in [-0.4, -0.2) is 0 Å². The first kappa shape index (κ1) is 8.71. The predicted molar refractivity (Wildman–Crippen MR) is 49.8 cm³/mol. The molecular weight excluding hydrogens is 150 g/mol. The van der Waals surface area contributed by atoms with E-state index in [9.17, 15) is 0 Å². The van der Waals surface area contributed by atoms with Gasteiger partial charge in [0.15, 0.2) is 0 Å². The summed E-state index contributed by atoms with van der Waals surface area (Å²) in [5, 5.41) is 3.30. The van der Waals surface area contributed by atoms with Crippen LogP contribution in [0.2, 0.25) is 0 Å². The molecule has 0 saturated heterocycles. The Morgan fingerprint density at radius 1 is 1.42 bits per heavy atom. The Labute approximate surface area is 72.1 Å². The first-order valence-corrected chi connectivity index (χ1v) is 3.92. The Kier molecular flexibility index (Phi) is 2.43. The number of hydrogen-bond donors (Lipinski definition) is 2. The fraction of sp³-hybridized carbons (Fsp3) is 0.333. The van der Waals surface area contributed by atoms with Gasteiger partial charge in [0.2, 0.25) is 0 Å². The van der Waals surface area contributed by atoms with Crippen LogP contribution in [0.5, 0.6) is 0 Å². The molecule has 0 aliphatic heterocycles. The lowest BCUT2D eigenvalue weighted by atomic mass is 10.0. The lowest BCUT2D eigenvalue weighted by Gasteiger charge is -2.06. The van der Waals surface area contributed by atoms with Crippen LogP contribution >= 0.6 is 0 Å². The normalized spacial score (nSPS) is 10.2. The van der Waals surface area contributed by atoms with Gasteiger partial charge in [-0.25, -0.2) is 5.53 Å². The molecule has 0 spiro atoms. The zero-order valence-electron chi connectivity index (χ0n) is 7.33. The molecule has 0 atom stereocenters. The molecule has 0 saturated carbocycles. The fourth-order valence-corrected chi connectivity index (χ4v) is 1.03. The van der Waals surface area contributed by atoms with Crippen molar-refractivity contribution in [2.45, 2.75) is 19.8 Å². The van der Waals surface area contributed by atoms with Crippen LogP contribution in [0.3, 0.4) is 0 Å². The van der Waals surface area contributed by atoms with Crippen molar-refractivity contribution in [1.29, 1.82) is 5.53 Å². The summed E-state index contributed by atoms with van der Waals surface area (Å²) in [5.41, 5.74) is 14.8. The Bertz CT molecular complexity index is 292. The molecule has 0 bridgehead atoms. The van der Waals surface area contributed by atoms with Crippen LogP contribution in [0.15, 0.2) is 23.3 Å². The molecule has 0 aliphatic carbocycles. The number of nitrogens with one attached hydrogen (secondary N) is 1. The molecule has 0 aromatic heterocycles. The molecule has 0 unspecified atom stereocenters. The van der Waals surface area contributed by atoms with Crippen LogP contribution in [0.4, 0.5) is 11.4 Å². The highest BCUT2D eigenvalue weighted by Gasteiger charge is 2.02. The van der Waals surface area contributed by atoms with E-state index in [2.05, 4.69) is 19.0 Å². The monoisotopic (exact) mass is 163 g/mol. The molecule has 3 N–H and O–H groups in total. The number of benzene rings is 1. The van der Waals surface area contributed by atoms with Crippen LogP contribution < -0.4 is 5.73 Å². The average molecular weight is 163 g/mol. The molecule has 1 aromatic carbocycles. The smallest absolute Gasteiger partial charge is 0.108 e. The highest BCUT2D eigenvalue weighted by atomic mass is 15.0. The fourth-order valence-electron chi connectivity index (χ4n) is 1.03. The second kappa shape index (κ2) is 3.34. The Morgan fingerprint density at radius 3 is 2.50 bits per heavy atom. The molecular formula is C9H13N3. The summed E-state index contributed by atoms with van der Waals surface area (Å²) in [6.45, 7) is 4.21. The molecule has 64 valence electrons. The topological polar surface area (TPSA) is 62.2 Å². The third-order valence-electron chi connectivity index (χ3n) is 1.84. The number of hydrogen-bond acceptors (Lipinski definition) is 3. The van der Waals surface area contributed by atoms with Crippen LogP contribution in [0.1, 0.15) is 25.3 Å². The summed E-state index contributed by atoms with van der Waals surface area (Å²) in [5.74, 6) is 0.465.